The van der Waals surface area contributed by atoms with Crippen LogP contribution < -0.4 is 4.90 Å². The van der Waals surface area contributed by atoms with E-state index in [0.717, 1.165) is 25.9 Å². The molecule has 2 aromatic rings. The lowest BCUT2D eigenvalue weighted by Crippen LogP contribution is -2.33. The van der Waals surface area contributed by atoms with Crippen LogP contribution in [-0.4, -0.2) is 13.1 Å². The van der Waals surface area contributed by atoms with Gasteiger partial charge in [-0.2, -0.15) is 0 Å². The Morgan fingerprint density at radius 1 is 1.05 bits per heavy atom. The third-order valence-electron chi connectivity index (χ3n) is 3.90. The van der Waals surface area contributed by atoms with Crippen molar-refractivity contribution in [1.29, 1.82) is 0 Å². The number of nitrogens with zero attached hydrogens (tertiary/aromatic N) is 1. The standard InChI is InChI=1S/C17H17FN/c18-16-8-4-5-9-17(16)19-12-10-15(11-13-19)14-6-2-1-3-7-14/h1-4,6-9,15H,10-13H2. The van der Waals surface area contributed by atoms with E-state index < -0.39 is 0 Å². The van der Waals surface area contributed by atoms with E-state index >= 15 is 0 Å². The molecule has 2 aromatic carbocycles. The van der Waals surface area contributed by atoms with Gasteiger partial charge in [0.2, 0.25) is 0 Å². The van der Waals surface area contributed by atoms with Crippen LogP contribution in [-0.2, 0) is 0 Å². The predicted octanol–water partition coefficient (Wildman–Crippen LogP) is 4.01. The fraction of sp³-hybridized carbons (Fsp3) is 0.294. The number of anilines is 1. The number of halogens is 1. The molecule has 1 aliphatic rings. The van der Waals surface area contributed by atoms with Crippen LogP contribution in [0.15, 0.2) is 48.5 Å². The van der Waals surface area contributed by atoms with Crippen molar-refractivity contribution in [3.8, 4) is 0 Å². The van der Waals surface area contributed by atoms with Crippen molar-refractivity contribution >= 4 is 5.69 Å². The van der Waals surface area contributed by atoms with Crippen LogP contribution >= 0.6 is 0 Å². The number of hydrogen-bond donors (Lipinski definition) is 0. The summed E-state index contributed by atoms with van der Waals surface area (Å²) in [6.07, 6.45) is 2.16. The van der Waals surface area contributed by atoms with Crippen LogP contribution in [0.3, 0.4) is 0 Å². The van der Waals surface area contributed by atoms with Crippen LogP contribution in [0, 0.1) is 11.9 Å². The van der Waals surface area contributed by atoms with E-state index in [2.05, 4.69) is 35.2 Å². The molecule has 1 radical (unpaired) electrons. The highest BCUT2D eigenvalue weighted by Gasteiger charge is 2.21. The van der Waals surface area contributed by atoms with Crippen LogP contribution in [0.2, 0.25) is 0 Å². The van der Waals surface area contributed by atoms with E-state index in [0.29, 0.717) is 11.6 Å². The predicted molar refractivity (Wildman–Crippen MR) is 75.9 cm³/mol. The number of hydrogen-bond acceptors (Lipinski definition) is 1. The largest absolute Gasteiger partial charge is 0.369 e. The van der Waals surface area contributed by atoms with Gasteiger partial charge in [-0.1, -0.05) is 36.4 Å². The quantitative estimate of drug-likeness (QED) is 0.782. The number of benzene rings is 2. The Morgan fingerprint density at radius 2 is 1.79 bits per heavy atom. The Labute approximate surface area is 113 Å². The van der Waals surface area contributed by atoms with Gasteiger partial charge in [0, 0.05) is 13.1 Å². The maximum atomic E-state index is 13.7. The second kappa shape index (κ2) is 5.43. The summed E-state index contributed by atoms with van der Waals surface area (Å²) in [5, 5.41) is 0. The fourth-order valence-electron chi connectivity index (χ4n) is 2.82. The van der Waals surface area contributed by atoms with Crippen molar-refractivity contribution in [3.63, 3.8) is 0 Å². The molecule has 0 aromatic heterocycles. The lowest BCUT2D eigenvalue weighted by Gasteiger charge is -2.34. The molecule has 1 nitrogen and oxygen atoms in total. The topological polar surface area (TPSA) is 3.24 Å². The van der Waals surface area contributed by atoms with Crippen molar-refractivity contribution in [2.24, 2.45) is 0 Å². The van der Waals surface area contributed by atoms with Crippen LogP contribution in [0.25, 0.3) is 0 Å². The molecule has 97 valence electrons. The Bertz CT molecular complexity index is 530. The summed E-state index contributed by atoms with van der Waals surface area (Å²) in [4.78, 5) is 2.13. The lowest BCUT2D eigenvalue weighted by atomic mass is 9.89. The Kier molecular flexibility index (Phi) is 3.49. The third-order valence-corrected chi connectivity index (χ3v) is 3.90. The van der Waals surface area contributed by atoms with Crippen LogP contribution in [0.1, 0.15) is 24.3 Å². The summed E-state index contributed by atoms with van der Waals surface area (Å²) in [6.45, 7) is 1.82. The van der Waals surface area contributed by atoms with Gasteiger partial charge in [0.15, 0.2) is 0 Å². The van der Waals surface area contributed by atoms with Crippen molar-refractivity contribution in [3.05, 3.63) is 66.0 Å². The van der Waals surface area contributed by atoms with Gasteiger partial charge in [-0.15, -0.1) is 0 Å². The molecule has 0 aliphatic carbocycles. The first-order chi connectivity index (χ1) is 9.34. The molecular formula is C17H17FN. The highest BCUT2D eigenvalue weighted by Crippen LogP contribution is 2.31. The molecule has 19 heavy (non-hydrogen) atoms. The zero-order valence-corrected chi connectivity index (χ0v) is 10.8. The monoisotopic (exact) mass is 254 g/mol. The second-order valence-electron chi connectivity index (χ2n) is 5.05. The highest BCUT2D eigenvalue weighted by atomic mass is 19.1. The van der Waals surface area contributed by atoms with Gasteiger partial charge in [-0.3, -0.25) is 0 Å². The summed E-state index contributed by atoms with van der Waals surface area (Å²) in [6, 6.07) is 18.4. The SMILES string of the molecule is Fc1cc[c]cc1N1CCC(c2ccccc2)CC1. The molecule has 0 saturated carbocycles. The molecule has 3 rings (SSSR count). The van der Waals surface area contributed by atoms with Crippen molar-refractivity contribution in [2.75, 3.05) is 18.0 Å². The molecule has 2 heteroatoms. The Morgan fingerprint density at radius 3 is 2.47 bits per heavy atom. The second-order valence-corrected chi connectivity index (χ2v) is 5.05. The molecule has 0 atom stereocenters. The first-order valence-electron chi connectivity index (χ1n) is 6.80. The minimum Gasteiger partial charge on any atom is -0.369 e. The van der Waals surface area contributed by atoms with Gasteiger partial charge >= 0.3 is 0 Å². The van der Waals surface area contributed by atoms with Crippen molar-refractivity contribution in [2.45, 2.75) is 18.8 Å². The molecule has 1 fully saturated rings. The Balaban J connectivity index is 1.69. The van der Waals surface area contributed by atoms with Crippen LogP contribution in [0.4, 0.5) is 10.1 Å². The van der Waals surface area contributed by atoms with Crippen LogP contribution in [0.5, 0.6) is 0 Å². The molecule has 0 N–H and O–H groups in total. The van der Waals surface area contributed by atoms with E-state index in [1.807, 2.05) is 6.07 Å². The summed E-state index contributed by atoms with van der Waals surface area (Å²) < 4.78 is 13.7. The van der Waals surface area contributed by atoms with E-state index in [9.17, 15) is 4.39 Å². The molecule has 0 amide bonds. The lowest BCUT2D eigenvalue weighted by molar-refractivity contribution is 0.497. The molecule has 0 spiro atoms. The fourth-order valence-corrected chi connectivity index (χ4v) is 2.82. The average Bonchev–Trinajstić information content (AvgIpc) is 2.49. The maximum absolute atomic E-state index is 13.7. The zero-order chi connectivity index (χ0) is 13.1. The molecule has 1 heterocycles. The number of rotatable bonds is 2. The summed E-state index contributed by atoms with van der Waals surface area (Å²) in [7, 11) is 0. The number of piperidine rings is 1. The van der Waals surface area contributed by atoms with Gasteiger partial charge < -0.3 is 4.90 Å². The molecule has 0 bridgehead atoms. The van der Waals surface area contributed by atoms with Gasteiger partial charge in [-0.25, -0.2) is 4.39 Å². The van der Waals surface area contributed by atoms with E-state index in [4.69, 9.17) is 0 Å². The Hall–Kier alpha value is -1.83. The van der Waals surface area contributed by atoms with Gasteiger partial charge in [0.1, 0.15) is 5.82 Å². The molecule has 1 aliphatic heterocycles. The molecule has 1 saturated heterocycles. The minimum absolute atomic E-state index is 0.142. The summed E-state index contributed by atoms with van der Waals surface area (Å²) >= 11 is 0. The summed E-state index contributed by atoms with van der Waals surface area (Å²) in [5.74, 6) is 0.463. The zero-order valence-electron chi connectivity index (χ0n) is 10.8. The molecular weight excluding hydrogens is 237 g/mol. The van der Waals surface area contributed by atoms with E-state index in [-0.39, 0.29) is 5.82 Å². The average molecular weight is 254 g/mol. The summed E-state index contributed by atoms with van der Waals surface area (Å²) in [5.41, 5.74) is 2.09. The third kappa shape index (κ3) is 2.62. The van der Waals surface area contributed by atoms with Gasteiger partial charge in [0.05, 0.1) is 5.69 Å². The maximum Gasteiger partial charge on any atom is 0.146 e. The van der Waals surface area contributed by atoms with Gasteiger partial charge in [0.25, 0.3) is 0 Å². The van der Waals surface area contributed by atoms with Crippen molar-refractivity contribution in [1.82, 2.24) is 0 Å². The highest BCUT2D eigenvalue weighted by molar-refractivity contribution is 5.47. The first kappa shape index (κ1) is 12.2. The van der Waals surface area contributed by atoms with Gasteiger partial charge in [-0.05, 0) is 42.5 Å². The normalized spacial score (nSPS) is 16.6. The molecule has 0 unspecified atom stereocenters. The first-order valence-corrected chi connectivity index (χ1v) is 6.80. The van der Waals surface area contributed by atoms with E-state index in [1.54, 1.807) is 12.1 Å². The smallest absolute Gasteiger partial charge is 0.146 e. The van der Waals surface area contributed by atoms with Crippen molar-refractivity contribution < 1.29 is 4.39 Å². The van der Waals surface area contributed by atoms with E-state index in [1.165, 1.54) is 11.6 Å². The minimum atomic E-state index is -0.142.